The fourth-order valence-corrected chi connectivity index (χ4v) is 2.93. The van der Waals surface area contributed by atoms with Crippen LogP contribution in [0, 0.1) is 0 Å². The highest BCUT2D eigenvalue weighted by Crippen LogP contribution is 2.21. The molecule has 4 N–H and O–H groups in total. The standard InChI is InChI=1S/C13H20ClN3O3S.C2H4O2/c1-3-17(4-2)8-7-16-13(18)10-5-6-12(11(14)9-10)21(15,19)20;1-2(3)4/h5-6,9H,3-4,7-8H2,1-2H3,(H,16,18)(H2,15,19,20);1H3,(H,3,4). The number of hydrogen-bond donors (Lipinski definition) is 3. The number of nitrogens with zero attached hydrogens (tertiary/aromatic N) is 1. The minimum absolute atomic E-state index is 0.0612. The second-order valence-electron chi connectivity index (χ2n) is 4.99. The van der Waals surface area contributed by atoms with Crippen molar-refractivity contribution in [1.29, 1.82) is 0 Å². The van der Waals surface area contributed by atoms with E-state index in [9.17, 15) is 13.2 Å². The summed E-state index contributed by atoms with van der Waals surface area (Å²) in [6.45, 7) is 8.29. The lowest BCUT2D eigenvalue weighted by Gasteiger charge is -2.18. The fourth-order valence-electron chi connectivity index (χ4n) is 1.84. The van der Waals surface area contributed by atoms with Gasteiger partial charge in [0.2, 0.25) is 10.0 Å². The number of hydrogen-bond acceptors (Lipinski definition) is 5. The predicted octanol–water partition coefficient (Wildman–Crippen LogP) is 1.15. The number of benzene rings is 1. The highest BCUT2D eigenvalue weighted by atomic mass is 35.5. The second kappa shape index (κ2) is 11.0. The summed E-state index contributed by atoms with van der Waals surface area (Å²) >= 11 is 5.84. The molecule has 0 saturated heterocycles. The van der Waals surface area contributed by atoms with Crippen molar-refractivity contribution in [2.45, 2.75) is 25.7 Å². The number of aliphatic carboxylic acids is 1. The van der Waals surface area contributed by atoms with E-state index in [1.165, 1.54) is 18.2 Å². The highest BCUT2D eigenvalue weighted by Gasteiger charge is 2.15. The van der Waals surface area contributed by atoms with E-state index in [-0.39, 0.29) is 15.8 Å². The highest BCUT2D eigenvalue weighted by molar-refractivity contribution is 7.89. The number of primary sulfonamides is 1. The van der Waals surface area contributed by atoms with E-state index in [1.54, 1.807) is 0 Å². The van der Waals surface area contributed by atoms with Gasteiger partial charge >= 0.3 is 0 Å². The molecule has 0 unspecified atom stereocenters. The molecule has 0 saturated carbocycles. The molecule has 25 heavy (non-hydrogen) atoms. The van der Waals surface area contributed by atoms with Gasteiger partial charge in [-0.05, 0) is 31.3 Å². The second-order valence-corrected chi connectivity index (χ2v) is 6.93. The molecule has 142 valence electrons. The van der Waals surface area contributed by atoms with Gasteiger partial charge in [0.05, 0.1) is 5.02 Å². The summed E-state index contributed by atoms with van der Waals surface area (Å²) in [4.78, 5) is 22.9. The lowest BCUT2D eigenvalue weighted by atomic mass is 10.2. The van der Waals surface area contributed by atoms with Crippen LogP contribution in [0.5, 0.6) is 0 Å². The maximum atomic E-state index is 11.9. The molecular weight excluding hydrogens is 370 g/mol. The normalized spacial score (nSPS) is 10.8. The van der Waals surface area contributed by atoms with Crippen molar-refractivity contribution in [3.05, 3.63) is 28.8 Å². The first-order valence-corrected chi connectivity index (χ1v) is 9.47. The van der Waals surface area contributed by atoms with Gasteiger partial charge in [0.25, 0.3) is 11.9 Å². The van der Waals surface area contributed by atoms with Crippen LogP contribution in [-0.4, -0.2) is 56.5 Å². The third-order valence-corrected chi connectivity index (χ3v) is 4.50. The van der Waals surface area contributed by atoms with Crippen molar-refractivity contribution < 1.29 is 23.1 Å². The molecule has 1 aromatic rings. The number of carboxylic acids is 1. The van der Waals surface area contributed by atoms with Crippen molar-refractivity contribution in [3.63, 3.8) is 0 Å². The van der Waals surface area contributed by atoms with Gasteiger partial charge in [0.15, 0.2) is 0 Å². The van der Waals surface area contributed by atoms with Crippen molar-refractivity contribution in [1.82, 2.24) is 10.2 Å². The van der Waals surface area contributed by atoms with E-state index in [1.807, 2.05) is 0 Å². The smallest absolute Gasteiger partial charge is 0.300 e. The maximum absolute atomic E-state index is 11.9. The van der Waals surface area contributed by atoms with Gasteiger partial charge in [0, 0.05) is 25.6 Å². The van der Waals surface area contributed by atoms with Gasteiger partial charge in [-0.3, -0.25) is 9.59 Å². The van der Waals surface area contributed by atoms with Crippen molar-refractivity contribution in [3.8, 4) is 0 Å². The zero-order chi connectivity index (χ0) is 19.6. The number of carbonyl (C=O) groups is 2. The Morgan fingerprint density at radius 3 is 2.20 bits per heavy atom. The van der Waals surface area contributed by atoms with E-state index < -0.39 is 16.0 Å². The van der Waals surface area contributed by atoms with Gasteiger partial charge in [-0.1, -0.05) is 25.4 Å². The van der Waals surface area contributed by atoms with E-state index >= 15 is 0 Å². The first kappa shape index (κ1) is 23.3. The van der Waals surface area contributed by atoms with Crippen LogP contribution in [-0.2, 0) is 14.8 Å². The van der Waals surface area contributed by atoms with Crippen LogP contribution in [0.2, 0.25) is 5.02 Å². The van der Waals surface area contributed by atoms with Gasteiger partial charge in [-0.15, -0.1) is 0 Å². The molecule has 0 heterocycles. The summed E-state index contributed by atoms with van der Waals surface area (Å²) in [6.07, 6.45) is 0. The van der Waals surface area contributed by atoms with Crippen molar-refractivity contribution in [2.24, 2.45) is 5.14 Å². The Morgan fingerprint density at radius 1 is 1.28 bits per heavy atom. The fraction of sp³-hybridized carbons (Fsp3) is 0.467. The molecular formula is C15H24ClN3O5S. The monoisotopic (exact) mass is 393 g/mol. The molecule has 0 aliphatic heterocycles. The van der Waals surface area contributed by atoms with Gasteiger partial charge in [0.1, 0.15) is 4.90 Å². The molecule has 0 atom stereocenters. The molecule has 0 aromatic heterocycles. The van der Waals surface area contributed by atoms with Gasteiger partial charge in [-0.2, -0.15) is 0 Å². The zero-order valence-electron chi connectivity index (χ0n) is 14.5. The first-order valence-electron chi connectivity index (χ1n) is 7.55. The molecule has 0 bridgehead atoms. The number of likely N-dealkylation sites (N-methyl/N-ethyl adjacent to an activating group) is 1. The first-order chi connectivity index (χ1) is 11.5. The number of rotatable bonds is 7. The Kier molecular flexibility index (Phi) is 10.3. The summed E-state index contributed by atoms with van der Waals surface area (Å²) < 4.78 is 22.5. The number of nitrogens with two attached hydrogens (primary N) is 1. The van der Waals surface area contributed by atoms with E-state index in [4.69, 9.17) is 26.6 Å². The number of carbonyl (C=O) groups excluding carboxylic acids is 1. The Hall–Kier alpha value is -1.68. The van der Waals surface area contributed by atoms with Gasteiger partial charge < -0.3 is 15.3 Å². The Labute approximate surface area is 153 Å². The average molecular weight is 394 g/mol. The molecule has 1 rings (SSSR count). The Balaban J connectivity index is 0.00000129. The van der Waals surface area contributed by atoms with Crippen molar-refractivity contribution in [2.75, 3.05) is 26.2 Å². The third-order valence-electron chi connectivity index (χ3n) is 3.11. The minimum atomic E-state index is -3.88. The molecule has 1 amide bonds. The average Bonchev–Trinajstić information content (AvgIpc) is 2.49. The zero-order valence-corrected chi connectivity index (χ0v) is 16.0. The summed E-state index contributed by atoms with van der Waals surface area (Å²) in [7, 11) is -3.88. The SMILES string of the molecule is CC(=O)O.CCN(CC)CCNC(=O)c1ccc(S(N)(=O)=O)c(Cl)c1. The molecule has 0 radical (unpaired) electrons. The third kappa shape index (κ3) is 9.40. The number of amides is 1. The van der Waals surface area contributed by atoms with Crippen LogP contribution in [0.3, 0.4) is 0 Å². The molecule has 0 aliphatic rings. The maximum Gasteiger partial charge on any atom is 0.300 e. The Morgan fingerprint density at radius 2 is 1.80 bits per heavy atom. The van der Waals surface area contributed by atoms with Crippen LogP contribution < -0.4 is 10.5 Å². The van der Waals surface area contributed by atoms with E-state index in [0.29, 0.717) is 12.1 Å². The number of carboxylic acid groups (broad SMARTS) is 1. The Bertz CT molecular complexity index is 686. The predicted molar refractivity (Wildman–Crippen MR) is 96.3 cm³/mol. The summed E-state index contributed by atoms with van der Waals surface area (Å²) in [5.41, 5.74) is 0.298. The van der Waals surface area contributed by atoms with Crippen molar-refractivity contribution >= 4 is 33.5 Å². The molecule has 8 nitrogen and oxygen atoms in total. The molecule has 0 fully saturated rings. The summed E-state index contributed by atoms with van der Waals surface area (Å²) in [5, 5.41) is 15.1. The summed E-state index contributed by atoms with van der Waals surface area (Å²) in [6, 6.07) is 3.92. The molecule has 1 aromatic carbocycles. The largest absolute Gasteiger partial charge is 0.481 e. The van der Waals surface area contributed by atoms with Crippen LogP contribution in [0.25, 0.3) is 0 Å². The lowest BCUT2D eigenvalue weighted by Crippen LogP contribution is -2.34. The van der Waals surface area contributed by atoms with Crippen LogP contribution in [0.1, 0.15) is 31.1 Å². The lowest BCUT2D eigenvalue weighted by molar-refractivity contribution is -0.134. The van der Waals surface area contributed by atoms with Gasteiger partial charge in [-0.25, -0.2) is 13.6 Å². The minimum Gasteiger partial charge on any atom is -0.481 e. The number of nitrogens with one attached hydrogen (secondary N) is 1. The molecule has 0 aliphatic carbocycles. The van der Waals surface area contributed by atoms with Crippen LogP contribution >= 0.6 is 11.6 Å². The van der Waals surface area contributed by atoms with Crippen LogP contribution in [0.4, 0.5) is 0 Å². The molecule has 0 spiro atoms. The topological polar surface area (TPSA) is 130 Å². The number of sulfonamides is 1. The summed E-state index contributed by atoms with van der Waals surface area (Å²) in [5.74, 6) is -1.13. The van der Waals surface area contributed by atoms with Crippen LogP contribution in [0.15, 0.2) is 23.1 Å². The van der Waals surface area contributed by atoms with E-state index in [0.717, 1.165) is 26.6 Å². The number of halogens is 1. The molecule has 10 heteroatoms. The van der Waals surface area contributed by atoms with E-state index in [2.05, 4.69) is 24.1 Å². The quantitative estimate of drug-likeness (QED) is 0.637.